The Bertz CT molecular complexity index is 462. The minimum absolute atomic E-state index is 0.0752. The van der Waals surface area contributed by atoms with Gasteiger partial charge in [0.1, 0.15) is 5.75 Å². The maximum Gasteiger partial charge on any atom is 0.223 e. The van der Waals surface area contributed by atoms with E-state index in [1.165, 1.54) is 19.3 Å². The molecule has 0 aromatic heterocycles. The van der Waals surface area contributed by atoms with Crippen LogP contribution >= 0.6 is 0 Å². The Labute approximate surface area is 127 Å². The average Bonchev–Trinajstić information content (AvgIpc) is 2.49. The predicted molar refractivity (Wildman–Crippen MR) is 85.1 cm³/mol. The molecule has 0 aliphatic heterocycles. The first-order chi connectivity index (χ1) is 10.2. The summed E-state index contributed by atoms with van der Waals surface area (Å²) >= 11 is 0. The highest BCUT2D eigenvalue weighted by Gasteiger charge is 2.21. The molecule has 1 aromatic rings. The van der Waals surface area contributed by atoms with Crippen LogP contribution < -0.4 is 15.8 Å². The molecule has 0 bridgehead atoms. The smallest absolute Gasteiger partial charge is 0.223 e. The molecule has 1 amide bonds. The number of para-hydroxylation sites is 2. The van der Waals surface area contributed by atoms with Gasteiger partial charge in [0.15, 0.2) is 0 Å². The van der Waals surface area contributed by atoms with Crippen LogP contribution in [0.5, 0.6) is 5.75 Å². The van der Waals surface area contributed by atoms with Crippen LogP contribution in [0.1, 0.15) is 45.4 Å². The van der Waals surface area contributed by atoms with Gasteiger partial charge in [-0.25, -0.2) is 0 Å². The lowest BCUT2D eigenvalue weighted by Crippen LogP contribution is -2.38. The van der Waals surface area contributed by atoms with E-state index in [0.717, 1.165) is 18.8 Å². The number of benzene rings is 1. The Morgan fingerprint density at radius 3 is 2.95 bits per heavy atom. The third-order valence-electron chi connectivity index (χ3n) is 4.23. The molecular formula is C17H26N2O2. The van der Waals surface area contributed by atoms with Gasteiger partial charge in [0.25, 0.3) is 0 Å². The minimum atomic E-state index is 0.0752. The molecule has 116 valence electrons. The number of amides is 1. The topological polar surface area (TPSA) is 64.3 Å². The number of nitrogens with two attached hydrogens (primary N) is 1. The van der Waals surface area contributed by atoms with Crippen molar-refractivity contribution in [1.82, 2.24) is 5.32 Å². The third kappa shape index (κ3) is 4.96. The van der Waals surface area contributed by atoms with Gasteiger partial charge in [-0.15, -0.1) is 0 Å². The van der Waals surface area contributed by atoms with Crippen molar-refractivity contribution in [3.05, 3.63) is 24.3 Å². The Kier molecular flexibility index (Phi) is 5.90. The molecule has 1 saturated carbocycles. The highest BCUT2D eigenvalue weighted by molar-refractivity contribution is 5.76. The molecule has 1 fully saturated rings. The van der Waals surface area contributed by atoms with E-state index in [4.69, 9.17) is 10.5 Å². The molecule has 1 aliphatic rings. The minimum Gasteiger partial charge on any atom is -0.491 e. The summed E-state index contributed by atoms with van der Waals surface area (Å²) in [6, 6.07) is 7.70. The zero-order chi connectivity index (χ0) is 15.1. The van der Waals surface area contributed by atoms with Crippen molar-refractivity contribution in [2.45, 2.75) is 51.5 Å². The van der Waals surface area contributed by atoms with Crippen molar-refractivity contribution >= 4 is 11.6 Å². The Balaban J connectivity index is 1.69. The van der Waals surface area contributed by atoms with Crippen LogP contribution in [0.4, 0.5) is 5.69 Å². The van der Waals surface area contributed by atoms with Gasteiger partial charge in [-0.1, -0.05) is 38.3 Å². The molecule has 21 heavy (non-hydrogen) atoms. The second-order valence-electron chi connectivity index (χ2n) is 5.84. The van der Waals surface area contributed by atoms with Gasteiger partial charge in [0.05, 0.1) is 18.7 Å². The Morgan fingerprint density at radius 1 is 1.38 bits per heavy atom. The van der Waals surface area contributed by atoms with Gasteiger partial charge in [-0.3, -0.25) is 4.79 Å². The molecule has 2 rings (SSSR count). The molecule has 0 heterocycles. The van der Waals surface area contributed by atoms with E-state index in [1.807, 2.05) is 18.2 Å². The number of hydrogen-bond acceptors (Lipinski definition) is 3. The van der Waals surface area contributed by atoms with Gasteiger partial charge in [-0.05, 0) is 30.9 Å². The van der Waals surface area contributed by atoms with Crippen molar-refractivity contribution in [3.8, 4) is 5.75 Å². The maximum atomic E-state index is 12.0. The number of nitrogen functional groups attached to an aromatic ring is 1. The number of rotatable bonds is 6. The third-order valence-corrected chi connectivity index (χ3v) is 4.23. The number of ether oxygens (including phenoxy) is 1. The zero-order valence-corrected chi connectivity index (χ0v) is 12.8. The molecule has 1 aromatic carbocycles. The van der Waals surface area contributed by atoms with Crippen LogP contribution in [0.3, 0.4) is 0 Å². The summed E-state index contributed by atoms with van der Waals surface area (Å²) in [5.41, 5.74) is 6.40. The fraction of sp³-hybridized carbons (Fsp3) is 0.588. The summed E-state index contributed by atoms with van der Waals surface area (Å²) in [5, 5.41) is 3.13. The fourth-order valence-corrected chi connectivity index (χ4v) is 2.96. The number of carbonyl (C=O) groups excluding carboxylic acids is 1. The predicted octanol–water partition coefficient (Wildman–Crippen LogP) is 3.12. The van der Waals surface area contributed by atoms with Crippen molar-refractivity contribution in [2.24, 2.45) is 5.92 Å². The first kappa shape index (κ1) is 15.7. The molecule has 4 nitrogen and oxygen atoms in total. The molecular weight excluding hydrogens is 264 g/mol. The molecule has 1 aliphatic carbocycles. The second-order valence-corrected chi connectivity index (χ2v) is 5.84. The van der Waals surface area contributed by atoms with Crippen LogP contribution in [0.15, 0.2) is 24.3 Å². The van der Waals surface area contributed by atoms with Gasteiger partial charge in [0.2, 0.25) is 5.91 Å². The molecule has 4 heteroatoms. The zero-order valence-electron chi connectivity index (χ0n) is 12.8. The molecule has 0 saturated heterocycles. The van der Waals surface area contributed by atoms with E-state index < -0.39 is 0 Å². The lowest BCUT2D eigenvalue weighted by molar-refractivity contribution is -0.122. The van der Waals surface area contributed by atoms with Crippen molar-refractivity contribution < 1.29 is 9.53 Å². The number of anilines is 1. The molecule has 0 radical (unpaired) electrons. The van der Waals surface area contributed by atoms with E-state index in [1.54, 1.807) is 6.07 Å². The van der Waals surface area contributed by atoms with E-state index >= 15 is 0 Å². The number of carbonyl (C=O) groups is 1. The van der Waals surface area contributed by atoms with Crippen molar-refractivity contribution in [3.63, 3.8) is 0 Å². The van der Waals surface area contributed by atoms with Crippen molar-refractivity contribution in [1.29, 1.82) is 0 Å². The quantitative estimate of drug-likeness (QED) is 0.791. The van der Waals surface area contributed by atoms with E-state index in [2.05, 4.69) is 12.2 Å². The summed E-state index contributed by atoms with van der Waals surface area (Å²) in [4.78, 5) is 12.0. The summed E-state index contributed by atoms with van der Waals surface area (Å²) in [7, 11) is 0. The van der Waals surface area contributed by atoms with E-state index in [-0.39, 0.29) is 5.91 Å². The van der Waals surface area contributed by atoms with Gasteiger partial charge in [-0.2, -0.15) is 0 Å². The standard InChI is InChI=1S/C17H26N2O2/c1-2-13-6-5-7-14(12-13)19-17(20)10-11-21-16-9-4-3-8-15(16)18/h3-4,8-9,13-14H,2,5-7,10-12,18H2,1H3,(H,19,20). The SMILES string of the molecule is CCC1CCCC(NC(=O)CCOc2ccccc2N)C1. The van der Waals surface area contributed by atoms with E-state index in [0.29, 0.717) is 30.5 Å². The lowest BCUT2D eigenvalue weighted by atomic mass is 9.84. The first-order valence-corrected chi connectivity index (χ1v) is 7.95. The van der Waals surface area contributed by atoms with Gasteiger partial charge >= 0.3 is 0 Å². The second kappa shape index (κ2) is 7.91. The van der Waals surface area contributed by atoms with Crippen LogP contribution in [0, 0.1) is 5.92 Å². The molecule has 2 unspecified atom stereocenters. The normalized spacial score (nSPS) is 21.8. The van der Waals surface area contributed by atoms with Crippen LogP contribution in [-0.2, 0) is 4.79 Å². The number of nitrogens with one attached hydrogen (secondary N) is 1. The number of hydrogen-bond donors (Lipinski definition) is 2. The summed E-state index contributed by atoms with van der Waals surface area (Å²) in [6.45, 7) is 2.59. The highest BCUT2D eigenvalue weighted by atomic mass is 16.5. The van der Waals surface area contributed by atoms with Gasteiger partial charge < -0.3 is 15.8 Å². The van der Waals surface area contributed by atoms with Crippen LogP contribution in [0.25, 0.3) is 0 Å². The van der Waals surface area contributed by atoms with Crippen LogP contribution in [-0.4, -0.2) is 18.6 Å². The van der Waals surface area contributed by atoms with Crippen molar-refractivity contribution in [2.75, 3.05) is 12.3 Å². The van der Waals surface area contributed by atoms with E-state index in [9.17, 15) is 4.79 Å². The summed E-state index contributed by atoms with van der Waals surface area (Å²) < 4.78 is 5.55. The first-order valence-electron chi connectivity index (χ1n) is 7.95. The Hall–Kier alpha value is -1.71. The lowest BCUT2D eigenvalue weighted by Gasteiger charge is -2.29. The molecule has 0 spiro atoms. The average molecular weight is 290 g/mol. The highest BCUT2D eigenvalue weighted by Crippen LogP contribution is 2.26. The summed E-state index contributed by atoms with van der Waals surface area (Å²) in [5.74, 6) is 1.49. The molecule has 2 atom stereocenters. The Morgan fingerprint density at radius 2 is 2.19 bits per heavy atom. The summed E-state index contributed by atoms with van der Waals surface area (Å²) in [6.07, 6.45) is 6.34. The maximum absolute atomic E-state index is 12.0. The fourth-order valence-electron chi connectivity index (χ4n) is 2.96. The monoisotopic (exact) mass is 290 g/mol. The largest absolute Gasteiger partial charge is 0.491 e. The van der Waals surface area contributed by atoms with Crippen LogP contribution in [0.2, 0.25) is 0 Å². The van der Waals surface area contributed by atoms with Gasteiger partial charge in [0, 0.05) is 6.04 Å². The molecule has 3 N–H and O–H groups in total.